The summed E-state index contributed by atoms with van der Waals surface area (Å²) in [6.45, 7) is 7.28. The lowest BCUT2D eigenvalue weighted by Crippen LogP contribution is -2.37. The molecule has 1 saturated heterocycles. The summed E-state index contributed by atoms with van der Waals surface area (Å²) in [5.74, 6) is 0.427. The molecule has 1 fully saturated rings. The molecule has 4 heterocycles. The van der Waals surface area contributed by atoms with Crippen LogP contribution in [0.1, 0.15) is 47.4 Å². The number of rotatable bonds is 8. The van der Waals surface area contributed by atoms with Crippen LogP contribution in [0.2, 0.25) is 0 Å². The highest BCUT2D eigenvalue weighted by molar-refractivity contribution is 6.09. The Hall–Kier alpha value is -4.40. The maximum absolute atomic E-state index is 13.4. The molecule has 37 heavy (non-hydrogen) atoms. The van der Waals surface area contributed by atoms with Gasteiger partial charge in [-0.25, -0.2) is 9.78 Å². The van der Waals surface area contributed by atoms with Crippen molar-refractivity contribution in [1.29, 1.82) is 0 Å². The zero-order valence-electron chi connectivity index (χ0n) is 21.0. The van der Waals surface area contributed by atoms with Gasteiger partial charge in [0.2, 0.25) is 5.78 Å². The first-order valence-corrected chi connectivity index (χ1v) is 12.4. The van der Waals surface area contributed by atoms with E-state index in [1.165, 1.54) is 0 Å². The van der Waals surface area contributed by atoms with E-state index in [0.717, 1.165) is 54.8 Å². The molecule has 2 N–H and O–H groups in total. The van der Waals surface area contributed by atoms with Gasteiger partial charge >= 0.3 is 5.69 Å². The Bertz CT molecular complexity index is 1490. The van der Waals surface area contributed by atoms with Gasteiger partial charge in [0, 0.05) is 42.8 Å². The van der Waals surface area contributed by atoms with Crippen molar-refractivity contribution in [3.63, 3.8) is 0 Å². The summed E-state index contributed by atoms with van der Waals surface area (Å²) in [5, 5.41) is 3.11. The summed E-state index contributed by atoms with van der Waals surface area (Å²) >= 11 is 0. The van der Waals surface area contributed by atoms with E-state index in [4.69, 9.17) is 4.74 Å². The molecular weight excluding hydrogens is 468 g/mol. The number of pyridine rings is 2. The number of anilines is 2. The number of fused-ring (bicyclic) bond motifs is 1. The van der Waals surface area contributed by atoms with Gasteiger partial charge in [-0.1, -0.05) is 13.5 Å². The molecule has 0 aliphatic carbocycles. The maximum atomic E-state index is 13.4. The van der Waals surface area contributed by atoms with Crippen LogP contribution in [0.5, 0.6) is 5.75 Å². The van der Waals surface area contributed by atoms with Gasteiger partial charge in [0.05, 0.1) is 18.3 Å². The Morgan fingerprint density at radius 1 is 1.22 bits per heavy atom. The second-order valence-corrected chi connectivity index (χ2v) is 9.03. The van der Waals surface area contributed by atoms with Gasteiger partial charge in [-0.3, -0.25) is 19.3 Å². The second-order valence-electron chi connectivity index (χ2n) is 9.03. The molecule has 4 aromatic rings. The number of hydrogen-bond donors (Lipinski definition) is 2. The van der Waals surface area contributed by atoms with Crippen LogP contribution in [0, 0.1) is 0 Å². The highest BCUT2D eigenvalue weighted by atomic mass is 16.5. The van der Waals surface area contributed by atoms with Gasteiger partial charge in [-0.15, -0.1) is 0 Å². The van der Waals surface area contributed by atoms with Crippen LogP contribution in [0.25, 0.3) is 11.2 Å². The first-order valence-electron chi connectivity index (χ1n) is 12.4. The van der Waals surface area contributed by atoms with Crippen molar-refractivity contribution < 1.29 is 9.53 Å². The minimum absolute atomic E-state index is 0.0901. The number of nitrogens with zero attached hydrogens (tertiary/aromatic N) is 4. The van der Waals surface area contributed by atoms with Crippen LogP contribution in [0.3, 0.4) is 0 Å². The van der Waals surface area contributed by atoms with E-state index in [1.807, 2.05) is 41.8 Å². The van der Waals surface area contributed by atoms with E-state index in [9.17, 15) is 9.59 Å². The SMILES string of the molecule is C=CNc1c(CC)cc(C(=O)c2cc(N3CCC(n4c(=O)[nH]c5ncccc54)CC3)ccn2)cc1OC. The fourth-order valence-electron chi connectivity index (χ4n) is 5.10. The molecule has 1 aliphatic heterocycles. The predicted molar refractivity (Wildman–Crippen MR) is 145 cm³/mol. The number of piperidine rings is 1. The number of hydrogen-bond acceptors (Lipinski definition) is 7. The molecule has 9 nitrogen and oxygen atoms in total. The Kier molecular flexibility index (Phi) is 6.76. The summed E-state index contributed by atoms with van der Waals surface area (Å²) < 4.78 is 7.36. The number of nitrogens with one attached hydrogen (secondary N) is 2. The van der Waals surface area contributed by atoms with Crippen LogP contribution in [0.15, 0.2) is 66.4 Å². The maximum Gasteiger partial charge on any atom is 0.327 e. The van der Waals surface area contributed by atoms with E-state index < -0.39 is 0 Å². The first kappa shape index (κ1) is 24.3. The van der Waals surface area contributed by atoms with Gasteiger partial charge in [0.1, 0.15) is 11.4 Å². The summed E-state index contributed by atoms with van der Waals surface area (Å²) in [5.41, 5.74) is 4.95. The zero-order valence-corrected chi connectivity index (χ0v) is 21.0. The number of benzene rings is 1. The molecule has 1 aliphatic rings. The third kappa shape index (κ3) is 4.60. The number of ketones is 1. The monoisotopic (exact) mass is 498 g/mol. The molecule has 9 heteroatoms. The number of methoxy groups -OCH3 is 1. The summed E-state index contributed by atoms with van der Waals surface area (Å²) in [6.07, 6.45) is 7.30. The van der Waals surface area contributed by atoms with E-state index in [0.29, 0.717) is 22.7 Å². The summed E-state index contributed by atoms with van der Waals surface area (Å²) in [4.78, 5) is 39.7. The first-order chi connectivity index (χ1) is 18.0. The largest absolute Gasteiger partial charge is 0.495 e. The third-order valence-corrected chi connectivity index (χ3v) is 6.95. The normalized spacial score (nSPS) is 14.1. The van der Waals surface area contributed by atoms with Crippen LogP contribution in [-0.2, 0) is 6.42 Å². The van der Waals surface area contributed by atoms with E-state index >= 15 is 0 Å². The highest BCUT2D eigenvalue weighted by Gasteiger charge is 2.25. The van der Waals surface area contributed by atoms with Crippen molar-refractivity contribution in [2.45, 2.75) is 32.2 Å². The van der Waals surface area contributed by atoms with Gasteiger partial charge in [-0.2, -0.15) is 0 Å². The van der Waals surface area contributed by atoms with Crippen molar-refractivity contribution in [2.24, 2.45) is 0 Å². The average Bonchev–Trinajstić information content (AvgIpc) is 3.28. The summed E-state index contributed by atoms with van der Waals surface area (Å²) in [6, 6.07) is 11.2. The number of H-pyrrole nitrogens is 1. The molecule has 0 amide bonds. The van der Waals surface area contributed by atoms with E-state index in [1.54, 1.807) is 31.8 Å². The fourth-order valence-corrected chi connectivity index (χ4v) is 5.10. The lowest BCUT2D eigenvalue weighted by molar-refractivity contribution is 0.103. The second kappa shape index (κ2) is 10.3. The quantitative estimate of drug-likeness (QED) is 0.349. The standard InChI is InChI=1S/C28H30N6O3/c1-4-18-15-19(16-24(37-3)25(18)29-5-2)26(35)22-17-21(8-12-30-22)33-13-9-20(10-14-33)34-23-7-6-11-31-27(23)32-28(34)36/h5-8,11-12,15-17,20,29H,2,4,9-10,13-14H2,1,3H3,(H,31,32,36). The molecule has 0 radical (unpaired) electrons. The Morgan fingerprint density at radius 3 is 2.76 bits per heavy atom. The van der Waals surface area contributed by atoms with Gasteiger partial charge in [0.15, 0.2) is 5.65 Å². The molecule has 0 spiro atoms. The van der Waals surface area contributed by atoms with Crippen molar-refractivity contribution >= 4 is 28.3 Å². The van der Waals surface area contributed by atoms with Crippen molar-refractivity contribution in [3.05, 3.63) is 88.9 Å². The number of aryl methyl sites for hydroxylation is 1. The third-order valence-electron chi connectivity index (χ3n) is 6.95. The van der Waals surface area contributed by atoms with Crippen LogP contribution >= 0.6 is 0 Å². The fraction of sp³-hybridized carbons (Fsp3) is 0.286. The van der Waals surface area contributed by atoms with Gasteiger partial charge < -0.3 is 15.0 Å². The molecule has 0 unspecified atom stereocenters. The Morgan fingerprint density at radius 2 is 2.03 bits per heavy atom. The van der Waals surface area contributed by atoms with Crippen molar-refractivity contribution in [3.8, 4) is 5.75 Å². The van der Waals surface area contributed by atoms with Gasteiger partial charge in [0.25, 0.3) is 0 Å². The Labute approximate surface area is 214 Å². The Balaban J connectivity index is 1.36. The number of ether oxygens (including phenoxy) is 1. The topological polar surface area (TPSA) is 105 Å². The van der Waals surface area contributed by atoms with Crippen LogP contribution in [0.4, 0.5) is 11.4 Å². The van der Waals surface area contributed by atoms with Gasteiger partial charge in [-0.05, 0) is 67.4 Å². The van der Waals surface area contributed by atoms with Crippen molar-refractivity contribution in [1.82, 2.24) is 19.5 Å². The number of carbonyl (C=O) groups excluding carboxylic acids is 1. The molecule has 0 atom stereocenters. The molecule has 3 aromatic heterocycles. The number of imidazole rings is 1. The number of carbonyl (C=O) groups is 1. The molecule has 190 valence electrons. The summed E-state index contributed by atoms with van der Waals surface area (Å²) in [7, 11) is 1.58. The highest BCUT2D eigenvalue weighted by Crippen LogP contribution is 2.32. The van der Waals surface area contributed by atoms with Crippen molar-refractivity contribution in [2.75, 3.05) is 30.4 Å². The van der Waals surface area contributed by atoms with E-state index in [2.05, 4.69) is 31.7 Å². The number of aromatic amines is 1. The predicted octanol–water partition coefficient (Wildman–Crippen LogP) is 4.32. The molecule has 0 bridgehead atoms. The average molecular weight is 499 g/mol. The lowest BCUT2D eigenvalue weighted by Gasteiger charge is -2.34. The zero-order chi connectivity index (χ0) is 25.9. The molecule has 1 aromatic carbocycles. The smallest absolute Gasteiger partial charge is 0.327 e. The molecule has 5 rings (SSSR count). The minimum Gasteiger partial charge on any atom is -0.495 e. The van der Waals surface area contributed by atoms with E-state index in [-0.39, 0.29) is 17.5 Å². The minimum atomic E-state index is -0.160. The molecule has 0 saturated carbocycles. The lowest BCUT2D eigenvalue weighted by atomic mass is 10.00. The molecular formula is C28H30N6O3. The van der Waals surface area contributed by atoms with Crippen LogP contribution < -0.4 is 20.6 Å². The van der Waals surface area contributed by atoms with Crippen LogP contribution in [-0.4, -0.2) is 45.5 Å². The number of aromatic nitrogens is 4.